The van der Waals surface area contributed by atoms with E-state index in [1.807, 2.05) is 0 Å². The Morgan fingerprint density at radius 3 is 1.34 bits per heavy atom. The number of rotatable bonds is 11. The van der Waals surface area contributed by atoms with Crippen LogP contribution in [0, 0.1) is 0 Å². The lowest BCUT2D eigenvalue weighted by Gasteiger charge is -2.16. The van der Waals surface area contributed by atoms with E-state index in [2.05, 4.69) is 0 Å². The maximum absolute atomic E-state index is 12.4. The predicted octanol–water partition coefficient (Wildman–Crippen LogP) is 5.34. The fourth-order valence-corrected chi connectivity index (χ4v) is 6.55. The molecule has 50 heavy (non-hydrogen) atoms. The molecule has 6 N–H and O–H groups in total. The molecule has 2 aromatic heterocycles. The van der Waals surface area contributed by atoms with Crippen molar-refractivity contribution in [2.45, 2.75) is 13.1 Å². The van der Waals surface area contributed by atoms with Crippen LogP contribution in [0.4, 0.5) is 0 Å². The van der Waals surface area contributed by atoms with Crippen LogP contribution in [0.5, 0.6) is 11.5 Å². The first-order chi connectivity index (χ1) is 23.9. The maximum atomic E-state index is 12.4. The zero-order valence-corrected chi connectivity index (χ0v) is 27.7. The maximum Gasteiger partial charge on any atom is 0.336 e. The fraction of sp³-hybridized carbons (Fsp3) is 0.118. The second-order valence-corrected chi connectivity index (χ2v) is 11.7. The molecule has 4 aromatic carbocycles. The number of fused-ring (bicyclic) bond motifs is 2. The molecule has 0 unspecified atom stereocenters. The summed E-state index contributed by atoms with van der Waals surface area (Å²) in [5, 5.41) is 20.4. The average Bonchev–Trinajstić information content (AvgIpc) is 3.63. The first kappa shape index (κ1) is 33.8. The van der Waals surface area contributed by atoms with E-state index in [0.29, 0.717) is 11.0 Å². The van der Waals surface area contributed by atoms with Gasteiger partial charge in [0.2, 0.25) is 0 Å². The highest BCUT2D eigenvalue weighted by Crippen LogP contribution is 2.40. The van der Waals surface area contributed by atoms with Gasteiger partial charge in [-0.25, -0.2) is 19.6 Å². The Balaban J connectivity index is 1.65. The zero-order valence-electron chi connectivity index (χ0n) is 26.2. The topological polar surface area (TPSA) is 215 Å². The van der Waals surface area contributed by atoms with Crippen LogP contribution in [-0.4, -0.2) is 67.3 Å². The summed E-state index contributed by atoms with van der Waals surface area (Å²) in [5.41, 5.74) is 12.5. The molecule has 2 amide bonds. The largest absolute Gasteiger partial charge is 0.494 e. The Kier molecular flexibility index (Phi) is 8.82. The molecule has 0 saturated heterocycles. The van der Waals surface area contributed by atoms with Gasteiger partial charge in [-0.3, -0.25) is 9.59 Å². The molecule has 0 radical (unpaired) electrons. The third-order valence-corrected chi connectivity index (χ3v) is 8.80. The van der Waals surface area contributed by atoms with Gasteiger partial charge in [-0.15, -0.1) is 0 Å². The third kappa shape index (κ3) is 5.49. The van der Waals surface area contributed by atoms with Crippen molar-refractivity contribution in [3.63, 3.8) is 0 Å². The summed E-state index contributed by atoms with van der Waals surface area (Å²) >= 11 is 13.3. The van der Waals surface area contributed by atoms with Gasteiger partial charge in [0.15, 0.2) is 11.5 Å². The van der Waals surface area contributed by atoms with Crippen molar-refractivity contribution in [1.29, 1.82) is 0 Å². The second-order valence-electron chi connectivity index (χ2n) is 10.9. The monoisotopic (exact) mass is 716 g/mol. The number of hydrogen-bond donors (Lipinski definition) is 4. The molecule has 0 bridgehead atoms. The quantitative estimate of drug-likeness (QED) is 0.135. The number of carbonyl (C=O) groups is 4. The Labute approximate surface area is 292 Å². The molecule has 6 rings (SSSR count). The van der Waals surface area contributed by atoms with Gasteiger partial charge in [-0.1, -0.05) is 35.3 Å². The van der Waals surface area contributed by atoms with Gasteiger partial charge in [-0.2, -0.15) is 0 Å². The fourth-order valence-electron chi connectivity index (χ4n) is 6.03. The van der Waals surface area contributed by atoms with Crippen LogP contribution in [0.15, 0.2) is 60.7 Å². The predicted molar refractivity (Wildman–Crippen MR) is 184 cm³/mol. The Hall–Kier alpha value is -6.12. The molecule has 2 heterocycles. The molecule has 0 aliphatic rings. The summed E-state index contributed by atoms with van der Waals surface area (Å²) in [5.74, 6) is -3.65. The summed E-state index contributed by atoms with van der Waals surface area (Å²) in [4.78, 5) is 58.8. The van der Waals surface area contributed by atoms with Crippen LogP contribution < -0.4 is 20.9 Å². The molecule has 0 atom stereocenters. The van der Waals surface area contributed by atoms with Crippen molar-refractivity contribution in [1.82, 2.24) is 19.1 Å². The Morgan fingerprint density at radius 2 is 1.02 bits per heavy atom. The molecule has 0 saturated carbocycles. The molecular formula is C34H26Cl2N6O8. The van der Waals surface area contributed by atoms with Gasteiger partial charge in [0, 0.05) is 13.1 Å². The van der Waals surface area contributed by atoms with Crippen molar-refractivity contribution >= 4 is 69.0 Å². The van der Waals surface area contributed by atoms with Gasteiger partial charge in [0.1, 0.15) is 22.7 Å². The lowest BCUT2D eigenvalue weighted by Crippen LogP contribution is -2.14. The van der Waals surface area contributed by atoms with E-state index in [-0.39, 0.29) is 90.7 Å². The van der Waals surface area contributed by atoms with Gasteiger partial charge in [0.25, 0.3) is 11.8 Å². The van der Waals surface area contributed by atoms with E-state index < -0.39 is 23.8 Å². The Morgan fingerprint density at radius 1 is 0.640 bits per heavy atom. The second kappa shape index (κ2) is 13.1. The van der Waals surface area contributed by atoms with Crippen LogP contribution in [0.25, 0.3) is 44.8 Å². The smallest absolute Gasteiger partial charge is 0.336 e. The normalized spacial score (nSPS) is 11.2. The van der Waals surface area contributed by atoms with Crippen molar-refractivity contribution in [2.24, 2.45) is 11.5 Å². The molecule has 14 nitrogen and oxygen atoms in total. The van der Waals surface area contributed by atoms with Crippen LogP contribution in [0.3, 0.4) is 0 Å². The third-order valence-electron chi connectivity index (χ3n) is 8.17. The van der Waals surface area contributed by atoms with E-state index in [9.17, 15) is 29.4 Å². The molecule has 0 spiro atoms. The molecular weight excluding hydrogens is 691 g/mol. The van der Waals surface area contributed by atoms with E-state index in [0.717, 1.165) is 0 Å². The summed E-state index contributed by atoms with van der Waals surface area (Å²) in [7, 11) is 2.69. The van der Waals surface area contributed by atoms with Crippen LogP contribution in [-0.2, 0) is 13.1 Å². The number of amides is 2. The highest BCUT2D eigenvalue weighted by atomic mass is 35.5. The molecule has 0 aliphatic carbocycles. The number of carboxylic acid groups (broad SMARTS) is 2. The van der Waals surface area contributed by atoms with E-state index in [1.54, 1.807) is 21.3 Å². The number of hydrogen-bond acceptors (Lipinski definition) is 8. The number of nitrogens with two attached hydrogens (primary N) is 2. The minimum atomic E-state index is -1.26. The number of primary amides is 2. The summed E-state index contributed by atoms with van der Waals surface area (Å²) in [6, 6.07) is 14.9. The van der Waals surface area contributed by atoms with Crippen molar-refractivity contribution < 1.29 is 38.9 Å². The summed E-state index contributed by atoms with van der Waals surface area (Å²) in [6.07, 6.45) is 0. The van der Waals surface area contributed by atoms with E-state index >= 15 is 0 Å². The minimum absolute atomic E-state index is 0.0421. The summed E-state index contributed by atoms with van der Waals surface area (Å²) in [6.45, 7) is 0.0841. The summed E-state index contributed by atoms with van der Waals surface area (Å²) < 4.78 is 14.5. The number of aromatic nitrogens is 4. The number of aryl methyl sites for hydroxylation is 2. The molecule has 254 valence electrons. The highest BCUT2D eigenvalue weighted by Gasteiger charge is 2.28. The standard InChI is InChI=1S/C34H26Cl2N6O8/c1-49-27-17(29(37)43)9-11-21-25(27)39-31(23-15(33(45)46)5-3-7-19(23)35)41(21)13-14-42-22-12-10-18(30(38)44)28(50-2)26(22)40-32(42)24-16(34(47)48)6-4-8-20(24)36/h3-12H,13-14H2,1-2H3,(H2,37,43)(H2,38,44)(H,45,46)(H,47,48). The number of nitrogens with zero attached hydrogens (tertiary/aromatic N) is 4. The van der Waals surface area contributed by atoms with Gasteiger partial charge >= 0.3 is 11.9 Å². The Bertz CT molecular complexity index is 2250. The molecule has 0 aliphatic heterocycles. The van der Waals surface area contributed by atoms with Crippen molar-refractivity contribution in [2.75, 3.05) is 14.2 Å². The van der Waals surface area contributed by atoms with Gasteiger partial charge in [0.05, 0.1) is 68.7 Å². The van der Waals surface area contributed by atoms with Crippen LogP contribution >= 0.6 is 23.2 Å². The molecule has 6 aromatic rings. The number of ether oxygens (including phenoxy) is 2. The lowest BCUT2D eigenvalue weighted by molar-refractivity contribution is 0.0686. The first-order valence-electron chi connectivity index (χ1n) is 14.7. The van der Waals surface area contributed by atoms with Gasteiger partial charge in [-0.05, 0) is 48.5 Å². The number of carbonyl (C=O) groups excluding carboxylic acids is 2. The van der Waals surface area contributed by atoms with E-state index in [1.165, 1.54) is 62.8 Å². The van der Waals surface area contributed by atoms with Crippen molar-refractivity contribution in [3.05, 3.63) is 93.0 Å². The average molecular weight is 718 g/mol. The van der Waals surface area contributed by atoms with Gasteiger partial charge < -0.3 is 40.3 Å². The number of carboxylic acids is 2. The van der Waals surface area contributed by atoms with Crippen molar-refractivity contribution in [3.8, 4) is 34.3 Å². The van der Waals surface area contributed by atoms with E-state index in [4.69, 9.17) is 54.1 Å². The number of aromatic carboxylic acids is 2. The lowest BCUT2D eigenvalue weighted by atomic mass is 10.1. The first-order valence-corrected chi connectivity index (χ1v) is 15.4. The SMILES string of the molecule is COc1c(C(N)=O)ccc2c1nc(-c1c(Cl)cccc1C(=O)O)n2CCn1c(-c2c(Cl)cccc2C(=O)O)nc2c(OC)c(C(N)=O)ccc21. The zero-order chi connectivity index (χ0) is 36.0. The highest BCUT2D eigenvalue weighted by molar-refractivity contribution is 6.34. The van der Waals surface area contributed by atoms with Crippen LogP contribution in [0.2, 0.25) is 10.0 Å². The number of methoxy groups -OCH3 is 2. The number of halogens is 2. The molecule has 0 fully saturated rings. The molecule has 16 heteroatoms. The van der Waals surface area contributed by atoms with Crippen LogP contribution in [0.1, 0.15) is 41.4 Å². The number of benzene rings is 4. The number of imidazole rings is 2. The minimum Gasteiger partial charge on any atom is -0.494 e.